The van der Waals surface area contributed by atoms with Crippen LogP contribution in [0.5, 0.6) is 0 Å². The number of carbonyl (C=O) groups excluding carboxylic acids is 2. The molecule has 14 heteroatoms. The van der Waals surface area contributed by atoms with Gasteiger partial charge in [0.1, 0.15) is 11.6 Å². The lowest BCUT2D eigenvalue weighted by molar-refractivity contribution is -0.150. The molecule has 46 heavy (non-hydrogen) atoms. The number of sulfonamides is 1. The van der Waals surface area contributed by atoms with Crippen molar-refractivity contribution >= 4 is 27.9 Å². The maximum Gasteiger partial charge on any atom is 0.345 e. The van der Waals surface area contributed by atoms with Crippen LogP contribution in [0, 0.1) is 11.6 Å². The highest BCUT2D eigenvalue weighted by Gasteiger charge is 2.37. The normalized spacial score (nSPS) is 12.7. The minimum Gasteiger partial charge on any atom is -0.479 e. The Morgan fingerprint density at radius 1 is 1.00 bits per heavy atom. The molecule has 11 nitrogen and oxygen atoms in total. The molecule has 0 bridgehead atoms. The average molecular weight is 655 g/mol. The number of aryl methyl sites for hydroxylation is 1. The number of carboxylic acid groups (broad SMARTS) is 1. The first kappa shape index (κ1) is 33.9. The summed E-state index contributed by atoms with van der Waals surface area (Å²) < 4.78 is 60.1. The second kappa shape index (κ2) is 14.4. The average Bonchev–Trinajstić information content (AvgIpc) is 3.47. The van der Waals surface area contributed by atoms with Crippen LogP contribution in [0.25, 0.3) is 11.1 Å². The number of nitrogens with one attached hydrogen (secondary N) is 1. The summed E-state index contributed by atoms with van der Waals surface area (Å²) in [4.78, 5) is 38.0. The van der Waals surface area contributed by atoms with Gasteiger partial charge in [0.05, 0.1) is 17.5 Å². The summed E-state index contributed by atoms with van der Waals surface area (Å²) in [7, 11) is -4.39. The van der Waals surface area contributed by atoms with Crippen molar-refractivity contribution in [2.75, 3.05) is 0 Å². The highest BCUT2D eigenvalue weighted by molar-refractivity contribution is 7.90. The Balaban J connectivity index is 1.83. The highest BCUT2D eigenvalue weighted by Crippen LogP contribution is 2.31. The fourth-order valence-electron chi connectivity index (χ4n) is 5.07. The van der Waals surface area contributed by atoms with Crippen LogP contribution in [0.1, 0.15) is 37.1 Å². The fourth-order valence-corrected chi connectivity index (χ4v) is 6.29. The molecule has 3 aromatic carbocycles. The fraction of sp³-hybridized carbons (Fsp3) is 0.250. The number of aliphatic hydroxyl groups is 1. The largest absolute Gasteiger partial charge is 0.479 e. The van der Waals surface area contributed by atoms with Crippen LogP contribution < -0.4 is 4.72 Å². The number of nitrogens with zero attached hydrogens (tertiary/aromatic N) is 3. The number of hydrogen-bond donors (Lipinski definition) is 3. The molecule has 1 aromatic heterocycles. The van der Waals surface area contributed by atoms with Gasteiger partial charge in [-0.1, -0.05) is 61.9 Å². The lowest BCUT2D eigenvalue weighted by atomic mass is 9.98. The molecular weight excluding hydrogens is 622 g/mol. The van der Waals surface area contributed by atoms with Crippen LogP contribution in [0.15, 0.2) is 83.9 Å². The van der Waals surface area contributed by atoms with E-state index in [1.165, 1.54) is 30.5 Å². The molecule has 3 N–H and O–H groups in total. The molecule has 0 saturated heterocycles. The van der Waals surface area contributed by atoms with E-state index in [-0.39, 0.29) is 17.5 Å². The van der Waals surface area contributed by atoms with Crippen molar-refractivity contribution in [3.8, 4) is 11.1 Å². The molecule has 4 rings (SSSR count). The number of carboxylic acids is 1. The first-order valence-electron chi connectivity index (χ1n) is 14.2. The van der Waals surface area contributed by atoms with Gasteiger partial charge in [-0.05, 0) is 48.2 Å². The van der Waals surface area contributed by atoms with Crippen LogP contribution in [0.3, 0.4) is 0 Å². The molecule has 2 amide bonds. The number of aliphatic carboxylic acids is 1. The van der Waals surface area contributed by atoms with E-state index < -0.39 is 68.7 Å². The first-order chi connectivity index (χ1) is 21.8. The van der Waals surface area contributed by atoms with E-state index in [4.69, 9.17) is 0 Å². The van der Waals surface area contributed by atoms with Gasteiger partial charge in [0.2, 0.25) is 5.91 Å². The van der Waals surface area contributed by atoms with Gasteiger partial charge in [-0.15, -0.1) is 0 Å². The molecule has 242 valence electrons. The third kappa shape index (κ3) is 7.64. The lowest BCUT2D eigenvalue weighted by Crippen LogP contribution is -2.52. The maximum absolute atomic E-state index is 15.9. The Morgan fingerprint density at radius 3 is 2.24 bits per heavy atom. The van der Waals surface area contributed by atoms with Crippen molar-refractivity contribution in [3.63, 3.8) is 0 Å². The monoisotopic (exact) mass is 654 g/mol. The van der Waals surface area contributed by atoms with Gasteiger partial charge in [-0.3, -0.25) is 4.79 Å². The number of halogens is 2. The number of aromatic nitrogens is 2. The summed E-state index contributed by atoms with van der Waals surface area (Å²) in [5.74, 6) is -4.85. The van der Waals surface area contributed by atoms with E-state index in [9.17, 15) is 33.0 Å². The number of benzene rings is 3. The van der Waals surface area contributed by atoms with Crippen LogP contribution in [0.4, 0.5) is 13.6 Å². The minimum atomic E-state index is -4.39. The van der Waals surface area contributed by atoms with E-state index in [0.717, 1.165) is 28.6 Å². The maximum atomic E-state index is 15.9. The summed E-state index contributed by atoms with van der Waals surface area (Å²) in [6.45, 7) is 2.07. The molecule has 4 aromatic rings. The summed E-state index contributed by atoms with van der Waals surface area (Å²) in [6, 6.07) is 14.6. The molecule has 2 atom stereocenters. The van der Waals surface area contributed by atoms with Gasteiger partial charge in [0.15, 0.2) is 6.10 Å². The zero-order chi connectivity index (χ0) is 33.6. The van der Waals surface area contributed by atoms with E-state index in [2.05, 4.69) is 5.10 Å². The summed E-state index contributed by atoms with van der Waals surface area (Å²) >= 11 is 0. The number of amides is 2. The van der Waals surface area contributed by atoms with Crippen molar-refractivity contribution < 1.29 is 41.8 Å². The Morgan fingerprint density at radius 2 is 1.63 bits per heavy atom. The molecule has 0 aliphatic rings. The Hall–Kier alpha value is -4.95. The second-order valence-corrected chi connectivity index (χ2v) is 12.2. The predicted molar refractivity (Wildman–Crippen MR) is 163 cm³/mol. The zero-order valence-corrected chi connectivity index (χ0v) is 25.7. The zero-order valence-electron chi connectivity index (χ0n) is 24.9. The Labute approximate surface area is 264 Å². The van der Waals surface area contributed by atoms with Gasteiger partial charge in [0.25, 0.3) is 10.0 Å². The summed E-state index contributed by atoms with van der Waals surface area (Å²) in [5.41, 5.74) is 0.101. The van der Waals surface area contributed by atoms with Crippen molar-refractivity contribution in [2.45, 2.75) is 56.7 Å². The number of rotatable bonds is 12. The highest BCUT2D eigenvalue weighted by atomic mass is 32.2. The van der Waals surface area contributed by atoms with Gasteiger partial charge in [0, 0.05) is 29.9 Å². The third-order valence-electron chi connectivity index (χ3n) is 7.19. The van der Waals surface area contributed by atoms with Crippen molar-refractivity contribution in [1.29, 1.82) is 0 Å². The van der Waals surface area contributed by atoms with E-state index >= 15 is 8.78 Å². The van der Waals surface area contributed by atoms with E-state index in [1.54, 1.807) is 36.4 Å². The van der Waals surface area contributed by atoms with Crippen molar-refractivity contribution in [3.05, 3.63) is 107 Å². The smallest absolute Gasteiger partial charge is 0.345 e. The number of aliphatic hydroxyl groups excluding tert-OH is 1. The third-order valence-corrected chi connectivity index (χ3v) is 8.69. The first-order valence-corrected chi connectivity index (χ1v) is 15.7. The summed E-state index contributed by atoms with van der Waals surface area (Å²) in [6.07, 6.45) is 0.0886. The van der Waals surface area contributed by atoms with Gasteiger partial charge >= 0.3 is 12.0 Å². The molecule has 0 spiro atoms. The van der Waals surface area contributed by atoms with Crippen LogP contribution >= 0.6 is 0 Å². The number of carbonyl (C=O) groups is 3. The SMILES string of the molecule is CCCc1ccnn1C(=O)N(Cc1c(F)cc(-c2ccccc2S(=O)(=O)NC(C)=O)cc1F)C(Cc1ccccc1)C(O)C(=O)O. The van der Waals surface area contributed by atoms with Crippen LogP contribution in [-0.2, 0) is 39.0 Å². The second-order valence-electron chi connectivity index (χ2n) is 10.5. The Bertz CT molecular complexity index is 1820. The quantitative estimate of drug-likeness (QED) is 0.206. The van der Waals surface area contributed by atoms with Crippen molar-refractivity contribution in [2.24, 2.45) is 0 Å². The molecule has 0 aliphatic heterocycles. The molecular formula is C32H32F2N4O7S. The molecule has 0 fully saturated rings. The molecule has 0 saturated carbocycles. The topological polar surface area (TPSA) is 159 Å². The molecule has 0 aliphatic carbocycles. The van der Waals surface area contributed by atoms with Gasteiger partial charge in [-0.25, -0.2) is 31.5 Å². The Kier molecular flexibility index (Phi) is 10.6. The van der Waals surface area contributed by atoms with E-state index in [1.807, 2.05) is 11.6 Å². The van der Waals surface area contributed by atoms with Gasteiger partial charge in [-0.2, -0.15) is 9.78 Å². The predicted octanol–water partition coefficient (Wildman–Crippen LogP) is 4.13. The van der Waals surface area contributed by atoms with Crippen LogP contribution in [-0.4, -0.2) is 63.4 Å². The van der Waals surface area contributed by atoms with Crippen molar-refractivity contribution in [1.82, 2.24) is 19.4 Å². The number of hydrogen-bond acceptors (Lipinski definition) is 7. The molecule has 2 unspecified atom stereocenters. The van der Waals surface area contributed by atoms with E-state index in [0.29, 0.717) is 24.1 Å². The summed E-state index contributed by atoms with van der Waals surface area (Å²) in [5, 5.41) is 24.7. The lowest BCUT2D eigenvalue weighted by Gasteiger charge is -2.34. The molecule has 1 heterocycles. The minimum absolute atomic E-state index is 0.0995. The molecule has 0 radical (unpaired) electrons. The van der Waals surface area contributed by atoms with Gasteiger partial charge < -0.3 is 15.1 Å². The van der Waals surface area contributed by atoms with Crippen LogP contribution in [0.2, 0.25) is 0 Å². The standard InChI is InChI=1S/C32H32F2N4O7S/c1-3-9-23-14-15-35-38(23)32(43)37(28(30(40)31(41)42)16-21-10-5-4-6-11-21)19-25-26(33)17-22(18-27(25)34)24-12-7-8-13-29(24)46(44,45)36-20(2)39/h4-8,10-15,17-18,28,30,40H,3,9,16,19H2,1-2H3,(H,36,39)(H,41,42).